The quantitative estimate of drug-likeness (QED) is 0.0477. The normalized spacial score (nSPS) is 28.8. The molecule has 4 aliphatic rings. The molecule has 61 heavy (non-hydrogen) atoms. The SMILES string of the molecule is CCCCC/C=C\C/C=C\CCCCCCCCOC[C@H](COCCCCCCCO[C@H]1CC[C@@]2(C)C(=CCC3C2CC[C@@]2(C)C3CC[C@@H]2[C@H](C)CCCC(C)C)C1)N(C)C. The van der Waals surface area contributed by atoms with Gasteiger partial charge in [-0.15, -0.1) is 0 Å². The summed E-state index contributed by atoms with van der Waals surface area (Å²) in [6.07, 6.45) is 49.5. The van der Waals surface area contributed by atoms with Crippen LogP contribution >= 0.6 is 0 Å². The molecular weight excluding hydrogens is 747 g/mol. The standard InChI is InChI=1S/C57H103NO3/c1-9-10-11-12-13-14-15-16-17-18-19-20-21-22-24-27-41-59-45-50(58(7)8)46-60-42-28-25-23-26-29-43-61-51-37-39-56(5)49(44-51)33-34-52-54-36-35-53(48(4)32-30-31-47(2)3)57(54,6)40-38-55(52)56/h13-14,16-17,33,47-48,50-55H,9-12,15,18-32,34-46H2,1-8H3/b14-13-,17-16-/t48-,50-,51+,52?,53-,54?,55?,56+,57-/m1/s1. The average molecular weight is 850 g/mol. The summed E-state index contributed by atoms with van der Waals surface area (Å²) in [5.74, 6) is 5.48. The van der Waals surface area contributed by atoms with Crippen molar-refractivity contribution in [2.75, 3.05) is 47.1 Å². The van der Waals surface area contributed by atoms with E-state index < -0.39 is 0 Å². The van der Waals surface area contributed by atoms with Crippen molar-refractivity contribution in [3.8, 4) is 0 Å². The maximum Gasteiger partial charge on any atom is 0.0644 e. The summed E-state index contributed by atoms with van der Waals surface area (Å²) in [7, 11) is 4.30. The van der Waals surface area contributed by atoms with Gasteiger partial charge in [0.25, 0.3) is 0 Å². The second-order valence-electron chi connectivity index (χ2n) is 22.1. The highest BCUT2D eigenvalue weighted by molar-refractivity contribution is 5.25. The largest absolute Gasteiger partial charge is 0.380 e. The smallest absolute Gasteiger partial charge is 0.0644 e. The summed E-state index contributed by atoms with van der Waals surface area (Å²) in [6, 6.07) is 0.335. The molecule has 0 heterocycles. The highest BCUT2D eigenvalue weighted by Crippen LogP contribution is 2.67. The van der Waals surface area contributed by atoms with E-state index in [4.69, 9.17) is 14.2 Å². The van der Waals surface area contributed by atoms with Crippen molar-refractivity contribution in [2.45, 2.75) is 233 Å². The number of allylic oxidation sites excluding steroid dienone is 5. The fourth-order valence-electron chi connectivity index (χ4n) is 12.9. The summed E-state index contributed by atoms with van der Waals surface area (Å²) < 4.78 is 18.8. The molecule has 0 spiro atoms. The van der Waals surface area contributed by atoms with E-state index >= 15 is 0 Å². The average Bonchev–Trinajstić information content (AvgIpc) is 3.60. The number of fused-ring (bicyclic) bond motifs is 5. The van der Waals surface area contributed by atoms with Gasteiger partial charge in [-0.2, -0.15) is 0 Å². The zero-order valence-corrected chi connectivity index (χ0v) is 42.0. The first kappa shape index (κ1) is 52.7. The van der Waals surface area contributed by atoms with Crippen LogP contribution in [0.4, 0.5) is 0 Å². The topological polar surface area (TPSA) is 30.9 Å². The minimum atomic E-state index is 0.335. The Hall–Kier alpha value is -0.940. The molecule has 4 nitrogen and oxygen atoms in total. The van der Waals surface area contributed by atoms with Gasteiger partial charge in [0.1, 0.15) is 0 Å². The van der Waals surface area contributed by atoms with Crippen LogP contribution in [0.5, 0.6) is 0 Å². The van der Waals surface area contributed by atoms with Crippen LogP contribution in [-0.2, 0) is 14.2 Å². The molecule has 9 atom stereocenters. The molecule has 0 amide bonds. The van der Waals surface area contributed by atoms with Crippen molar-refractivity contribution in [2.24, 2.45) is 46.3 Å². The van der Waals surface area contributed by atoms with Crippen molar-refractivity contribution < 1.29 is 14.2 Å². The summed E-state index contributed by atoms with van der Waals surface area (Å²) in [6.45, 7) is 19.3. The van der Waals surface area contributed by atoms with Crippen molar-refractivity contribution in [1.82, 2.24) is 4.90 Å². The summed E-state index contributed by atoms with van der Waals surface area (Å²) >= 11 is 0. The van der Waals surface area contributed by atoms with Gasteiger partial charge in [-0.05, 0) is 163 Å². The molecule has 4 aliphatic carbocycles. The molecule has 0 aromatic carbocycles. The van der Waals surface area contributed by atoms with Gasteiger partial charge < -0.3 is 19.1 Å². The molecule has 354 valence electrons. The maximum absolute atomic E-state index is 6.59. The van der Waals surface area contributed by atoms with Crippen LogP contribution in [0.15, 0.2) is 36.0 Å². The number of hydrogen-bond acceptors (Lipinski definition) is 4. The predicted octanol–water partition coefficient (Wildman–Crippen LogP) is 16.1. The molecular formula is C57H103NO3. The second-order valence-corrected chi connectivity index (χ2v) is 22.1. The lowest BCUT2D eigenvalue weighted by molar-refractivity contribution is -0.0641. The van der Waals surface area contributed by atoms with Gasteiger partial charge in [-0.3, -0.25) is 0 Å². The van der Waals surface area contributed by atoms with Gasteiger partial charge >= 0.3 is 0 Å². The zero-order valence-electron chi connectivity index (χ0n) is 42.0. The van der Waals surface area contributed by atoms with Crippen LogP contribution in [0.25, 0.3) is 0 Å². The van der Waals surface area contributed by atoms with E-state index in [0.29, 0.717) is 23.0 Å². The highest BCUT2D eigenvalue weighted by atomic mass is 16.5. The molecule has 0 aromatic rings. The first-order chi connectivity index (χ1) is 29.6. The predicted molar refractivity (Wildman–Crippen MR) is 264 cm³/mol. The van der Waals surface area contributed by atoms with E-state index in [1.165, 1.54) is 167 Å². The molecule has 3 fully saturated rings. The summed E-state index contributed by atoms with van der Waals surface area (Å²) in [5.41, 5.74) is 2.79. The minimum Gasteiger partial charge on any atom is -0.380 e. The van der Waals surface area contributed by atoms with E-state index in [2.05, 4.69) is 90.9 Å². The Morgan fingerprint density at radius 2 is 1.30 bits per heavy atom. The Morgan fingerprint density at radius 3 is 1.93 bits per heavy atom. The monoisotopic (exact) mass is 850 g/mol. The summed E-state index contributed by atoms with van der Waals surface area (Å²) in [4.78, 5) is 2.26. The molecule has 0 saturated heterocycles. The first-order valence-corrected chi connectivity index (χ1v) is 27.0. The van der Waals surface area contributed by atoms with Crippen molar-refractivity contribution in [1.29, 1.82) is 0 Å². The molecule has 4 heteroatoms. The number of rotatable bonds is 34. The van der Waals surface area contributed by atoms with Gasteiger partial charge in [-0.25, -0.2) is 0 Å². The fraction of sp³-hybridized carbons (Fsp3) is 0.895. The minimum absolute atomic E-state index is 0.335. The first-order valence-electron chi connectivity index (χ1n) is 27.0. The Balaban J connectivity index is 0.968. The third-order valence-corrected chi connectivity index (χ3v) is 16.9. The van der Waals surface area contributed by atoms with Crippen molar-refractivity contribution in [3.05, 3.63) is 36.0 Å². The Bertz CT molecular complexity index is 1220. The molecule has 4 rings (SSSR count). The Kier molecular flexibility index (Phi) is 25.5. The maximum atomic E-state index is 6.59. The van der Waals surface area contributed by atoms with Crippen molar-refractivity contribution in [3.63, 3.8) is 0 Å². The molecule has 0 bridgehead atoms. The molecule has 0 radical (unpaired) electrons. The molecule has 3 saturated carbocycles. The van der Waals surface area contributed by atoms with E-state index in [1.54, 1.807) is 5.57 Å². The fourth-order valence-corrected chi connectivity index (χ4v) is 12.9. The second kappa shape index (κ2) is 29.6. The number of nitrogens with zero attached hydrogens (tertiary/aromatic N) is 1. The number of unbranched alkanes of at least 4 members (excludes halogenated alkanes) is 13. The third-order valence-electron chi connectivity index (χ3n) is 16.9. The lowest BCUT2D eigenvalue weighted by Gasteiger charge is -2.58. The van der Waals surface area contributed by atoms with Gasteiger partial charge in [0.2, 0.25) is 0 Å². The molecule has 3 unspecified atom stereocenters. The van der Waals surface area contributed by atoms with E-state index in [-0.39, 0.29) is 0 Å². The number of likely N-dealkylation sites (N-methyl/N-ethyl adjacent to an activating group) is 1. The van der Waals surface area contributed by atoms with E-state index in [9.17, 15) is 0 Å². The van der Waals surface area contributed by atoms with Gasteiger partial charge in [0.05, 0.1) is 25.4 Å². The van der Waals surface area contributed by atoms with Gasteiger partial charge in [0, 0.05) is 19.8 Å². The van der Waals surface area contributed by atoms with Crippen LogP contribution in [0.2, 0.25) is 0 Å². The highest BCUT2D eigenvalue weighted by Gasteiger charge is 2.59. The van der Waals surface area contributed by atoms with Gasteiger partial charge in [0.15, 0.2) is 0 Å². The van der Waals surface area contributed by atoms with Crippen LogP contribution in [-0.4, -0.2) is 64.2 Å². The van der Waals surface area contributed by atoms with E-state index in [0.717, 1.165) is 81.4 Å². The lowest BCUT2D eigenvalue weighted by atomic mass is 9.47. The Labute approximate surface area is 380 Å². The van der Waals surface area contributed by atoms with Gasteiger partial charge in [-0.1, -0.05) is 155 Å². The Morgan fingerprint density at radius 1 is 0.672 bits per heavy atom. The summed E-state index contributed by atoms with van der Waals surface area (Å²) in [5, 5.41) is 0. The third kappa shape index (κ3) is 17.8. The molecule has 0 aromatic heterocycles. The van der Waals surface area contributed by atoms with Crippen LogP contribution in [0.3, 0.4) is 0 Å². The number of hydrogen-bond donors (Lipinski definition) is 0. The van der Waals surface area contributed by atoms with Crippen LogP contribution < -0.4 is 0 Å². The number of ether oxygens (including phenoxy) is 3. The zero-order chi connectivity index (χ0) is 43.8. The molecule has 0 aliphatic heterocycles. The van der Waals surface area contributed by atoms with E-state index in [1.807, 2.05) is 0 Å². The van der Waals surface area contributed by atoms with Crippen LogP contribution in [0, 0.1) is 46.3 Å². The van der Waals surface area contributed by atoms with Crippen LogP contribution in [0.1, 0.15) is 221 Å². The lowest BCUT2D eigenvalue weighted by Crippen LogP contribution is -2.51. The molecule has 0 N–H and O–H groups in total. The van der Waals surface area contributed by atoms with Crippen molar-refractivity contribution >= 4 is 0 Å².